The van der Waals surface area contributed by atoms with Crippen LogP contribution in [0.25, 0.3) is 5.57 Å². The first-order valence-corrected chi connectivity index (χ1v) is 10.1. The normalized spacial score (nSPS) is 38.5. The fourth-order valence-corrected chi connectivity index (χ4v) is 6.52. The second-order valence-corrected chi connectivity index (χ2v) is 9.18. The van der Waals surface area contributed by atoms with Crippen molar-refractivity contribution in [3.8, 4) is 0 Å². The van der Waals surface area contributed by atoms with Crippen molar-refractivity contribution in [1.29, 1.82) is 5.41 Å². The van der Waals surface area contributed by atoms with Crippen LogP contribution in [0.2, 0.25) is 0 Å². The Morgan fingerprint density at radius 1 is 1.12 bits per heavy atom. The molecule has 5 rings (SSSR count). The Bertz CT molecular complexity index is 859. The molecule has 1 heterocycles. The predicted molar refractivity (Wildman–Crippen MR) is 107 cm³/mol. The lowest BCUT2D eigenvalue weighted by atomic mass is 9.48. The molecule has 0 amide bonds. The van der Waals surface area contributed by atoms with Gasteiger partial charge in [-0.05, 0) is 79.1 Å². The second kappa shape index (κ2) is 5.52. The molecule has 2 heteroatoms. The SMILES string of the molecule is CC12CCC3C(CCC4=CC(=N)CCC43C)C1=CC=C2c1cccnc1. The quantitative estimate of drug-likeness (QED) is 0.668. The van der Waals surface area contributed by atoms with Crippen LogP contribution in [-0.2, 0) is 0 Å². The van der Waals surface area contributed by atoms with Gasteiger partial charge in [-0.2, -0.15) is 0 Å². The molecule has 0 aromatic carbocycles. The maximum Gasteiger partial charge on any atom is 0.0343 e. The summed E-state index contributed by atoms with van der Waals surface area (Å²) in [6.45, 7) is 4.96. The lowest BCUT2D eigenvalue weighted by Crippen LogP contribution is -2.46. The first-order chi connectivity index (χ1) is 12.5. The van der Waals surface area contributed by atoms with E-state index in [1.54, 1.807) is 11.1 Å². The Morgan fingerprint density at radius 3 is 2.81 bits per heavy atom. The van der Waals surface area contributed by atoms with Crippen molar-refractivity contribution in [2.24, 2.45) is 22.7 Å². The van der Waals surface area contributed by atoms with Gasteiger partial charge in [0.15, 0.2) is 0 Å². The Labute approximate surface area is 156 Å². The summed E-state index contributed by atoms with van der Waals surface area (Å²) >= 11 is 0. The topological polar surface area (TPSA) is 36.7 Å². The van der Waals surface area contributed by atoms with E-state index in [0.717, 1.165) is 18.1 Å². The molecule has 0 saturated heterocycles. The van der Waals surface area contributed by atoms with Crippen LogP contribution in [0.4, 0.5) is 0 Å². The first kappa shape index (κ1) is 16.2. The van der Waals surface area contributed by atoms with Gasteiger partial charge in [-0.15, -0.1) is 0 Å². The minimum absolute atomic E-state index is 0.184. The predicted octanol–water partition coefficient (Wildman–Crippen LogP) is 5.98. The zero-order valence-corrected chi connectivity index (χ0v) is 15.9. The van der Waals surface area contributed by atoms with Crippen LogP contribution >= 0.6 is 0 Å². The highest BCUT2D eigenvalue weighted by Gasteiger charge is 2.54. The molecule has 4 aliphatic rings. The fraction of sp³-hybridized carbons (Fsp3) is 0.500. The van der Waals surface area contributed by atoms with E-state index in [9.17, 15) is 0 Å². The average molecular weight is 345 g/mol. The molecule has 2 nitrogen and oxygen atoms in total. The standard InChI is InChI=1S/C24H28N2/c1-23-11-9-18(25)14-17(23)5-6-19-21-8-7-20(16-4-3-13-26-15-16)24(21,2)12-10-22(19)23/h3-4,7-8,13-15,19,22,25H,5-6,9-12H2,1-2H3. The molecule has 134 valence electrons. The lowest BCUT2D eigenvalue weighted by molar-refractivity contribution is 0.0719. The summed E-state index contributed by atoms with van der Waals surface area (Å²) in [7, 11) is 0. The summed E-state index contributed by atoms with van der Waals surface area (Å²) in [4.78, 5) is 4.36. The van der Waals surface area contributed by atoms with Gasteiger partial charge in [0, 0.05) is 23.5 Å². The molecule has 4 aliphatic carbocycles. The van der Waals surface area contributed by atoms with E-state index >= 15 is 0 Å². The average Bonchev–Trinajstić information content (AvgIpc) is 3.00. The molecule has 2 saturated carbocycles. The van der Waals surface area contributed by atoms with Crippen molar-refractivity contribution in [2.75, 3.05) is 0 Å². The number of fused-ring (bicyclic) bond motifs is 5. The van der Waals surface area contributed by atoms with Gasteiger partial charge in [-0.25, -0.2) is 0 Å². The third kappa shape index (κ3) is 2.11. The molecule has 1 aromatic rings. The monoisotopic (exact) mass is 344 g/mol. The zero-order chi connectivity index (χ0) is 17.9. The van der Waals surface area contributed by atoms with E-state index in [-0.39, 0.29) is 5.41 Å². The van der Waals surface area contributed by atoms with Gasteiger partial charge in [-0.3, -0.25) is 4.98 Å². The third-order valence-electron chi connectivity index (χ3n) is 8.01. The van der Waals surface area contributed by atoms with Crippen LogP contribution in [0, 0.1) is 28.1 Å². The second-order valence-electron chi connectivity index (χ2n) is 9.18. The summed E-state index contributed by atoms with van der Waals surface area (Å²) in [6, 6.07) is 4.27. The van der Waals surface area contributed by atoms with E-state index in [1.807, 2.05) is 12.4 Å². The molecule has 26 heavy (non-hydrogen) atoms. The number of hydrogen-bond acceptors (Lipinski definition) is 2. The van der Waals surface area contributed by atoms with Crippen molar-refractivity contribution < 1.29 is 0 Å². The van der Waals surface area contributed by atoms with Crippen LogP contribution in [0.15, 0.2) is 53.9 Å². The molecule has 0 radical (unpaired) electrons. The van der Waals surface area contributed by atoms with Crippen molar-refractivity contribution in [1.82, 2.24) is 4.98 Å². The Balaban J connectivity index is 1.50. The van der Waals surface area contributed by atoms with E-state index in [4.69, 9.17) is 5.41 Å². The third-order valence-corrected chi connectivity index (χ3v) is 8.01. The molecule has 0 bridgehead atoms. The van der Waals surface area contributed by atoms with Crippen LogP contribution in [-0.4, -0.2) is 10.7 Å². The number of nitrogens with zero attached hydrogens (tertiary/aromatic N) is 1. The molecule has 1 aromatic heterocycles. The molecule has 0 spiro atoms. The smallest absolute Gasteiger partial charge is 0.0343 e. The van der Waals surface area contributed by atoms with Crippen LogP contribution < -0.4 is 0 Å². The zero-order valence-electron chi connectivity index (χ0n) is 15.9. The van der Waals surface area contributed by atoms with Gasteiger partial charge < -0.3 is 5.41 Å². The highest BCUT2D eigenvalue weighted by Crippen LogP contribution is 2.65. The minimum Gasteiger partial charge on any atom is -0.305 e. The van der Waals surface area contributed by atoms with Gasteiger partial charge in [0.1, 0.15) is 0 Å². The molecule has 0 aliphatic heterocycles. The number of pyridine rings is 1. The van der Waals surface area contributed by atoms with Crippen molar-refractivity contribution in [3.05, 3.63) is 59.5 Å². The highest BCUT2D eigenvalue weighted by atomic mass is 14.6. The number of rotatable bonds is 1. The van der Waals surface area contributed by atoms with Gasteiger partial charge in [-0.1, -0.05) is 43.2 Å². The number of aromatic nitrogens is 1. The molecule has 4 atom stereocenters. The van der Waals surface area contributed by atoms with Gasteiger partial charge in [0.25, 0.3) is 0 Å². The van der Waals surface area contributed by atoms with Crippen LogP contribution in [0.1, 0.15) is 57.9 Å². The summed E-state index contributed by atoms with van der Waals surface area (Å²) in [6.07, 6.45) is 18.0. The summed E-state index contributed by atoms with van der Waals surface area (Å²) in [5, 5.41) is 8.10. The summed E-state index contributed by atoms with van der Waals surface area (Å²) in [5.74, 6) is 1.45. The molecular weight excluding hydrogens is 316 g/mol. The molecule has 2 fully saturated rings. The Kier molecular flexibility index (Phi) is 3.44. The lowest BCUT2D eigenvalue weighted by Gasteiger charge is -2.56. The maximum atomic E-state index is 8.10. The van der Waals surface area contributed by atoms with Gasteiger partial charge >= 0.3 is 0 Å². The summed E-state index contributed by atoms with van der Waals surface area (Å²) in [5.41, 5.74) is 7.34. The van der Waals surface area contributed by atoms with Crippen LogP contribution in [0.5, 0.6) is 0 Å². The van der Waals surface area contributed by atoms with Crippen LogP contribution in [0.3, 0.4) is 0 Å². The van der Waals surface area contributed by atoms with Crippen molar-refractivity contribution >= 4 is 11.3 Å². The van der Waals surface area contributed by atoms with E-state index < -0.39 is 0 Å². The highest BCUT2D eigenvalue weighted by molar-refractivity contribution is 5.94. The Morgan fingerprint density at radius 2 is 2.00 bits per heavy atom. The van der Waals surface area contributed by atoms with E-state index in [0.29, 0.717) is 11.3 Å². The fourth-order valence-electron chi connectivity index (χ4n) is 6.52. The molecule has 1 N–H and O–H groups in total. The number of hydrogen-bond donors (Lipinski definition) is 1. The minimum atomic E-state index is 0.184. The van der Waals surface area contributed by atoms with Crippen molar-refractivity contribution in [3.63, 3.8) is 0 Å². The maximum absolute atomic E-state index is 8.10. The summed E-state index contributed by atoms with van der Waals surface area (Å²) < 4.78 is 0. The first-order valence-electron chi connectivity index (χ1n) is 10.1. The van der Waals surface area contributed by atoms with Crippen molar-refractivity contribution in [2.45, 2.75) is 52.4 Å². The largest absolute Gasteiger partial charge is 0.305 e. The van der Waals surface area contributed by atoms with Gasteiger partial charge in [0.05, 0.1) is 0 Å². The molecular formula is C24H28N2. The van der Waals surface area contributed by atoms with E-state index in [1.165, 1.54) is 43.2 Å². The Hall–Kier alpha value is -1.96. The number of allylic oxidation sites excluding steroid dienone is 6. The van der Waals surface area contributed by atoms with Gasteiger partial charge in [0.2, 0.25) is 0 Å². The number of nitrogens with one attached hydrogen (secondary N) is 1. The molecule has 4 unspecified atom stereocenters. The van der Waals surface area contributed by atoms with E-state index in [2.05, 4.69) is 49.2 Å².